The van der Waals surface area contributed by atoms with Gasteiger partial charge in [0.25, 0.3) is 0 Å². The molecule has 8 nitrogen and oxygen atoms in total. The maximum absolute atomic E-state index is 12.3. The maximum Gasteiger partial charge on any atom is 0.308 e. The van der Waals surface area contributed by atoms with E-state index in [4.69, 9.17) is 23.7 Å². The van der Waals surface area contributed by atoms with E-state index in [2.05, 4.69) is 44.3 Å². The third kappa shape index (κ3) is 10.2. The number of allylic oxidation sites excluding steroid dienone is 2. The summed E-state index contributed by atoms with van der Waals surface area (Å²) < 4.78 is 28.4. The zero-order chi connectivity index (χ0) is 29.2. The molecule has 1 spiro atoms. The molecule has 0 bridgehead atoms. The van der Waals surface area contributed by atoms with Gasteiger partial charge in [0.2, 0.25) is 5.91 Å². The number of hydrogen-bond acceptors (Lipinski definition) is 7. The van der Waals surface area contributed by atoms with Crippen LogP contribution in [0.2, 0.25) is 0 Å². The Hall–Kier alpha value is -2.00. The first-order valence-electron chi connectivity index (χ1n) is 14.5. The molecular formula is C31H51NO7. The highest BCUT2D eigenvalue weighted by molar-refractivity contribution is 5.87. The van der Waals surface area contributed by atoms with Crippen molar-refractivity contribution in [2.45, 2.75) is 129 Å². The number of rotatable bonds is 10. The fourth-order valence-corrected chi connectivity index (χ4v) is 5.28. The lowest BCUT2D eigenvalue weighted by Crippen LogP contribution is -2.50. The second-order valence-electron chi connectivity index (χ2n) is 10.9. The quantitative estimate of drug-likeness (QED) is 0.176. The lowest BCUT2D eigenvalue weighted by atomic mass is 9.87. The van der Waals surface area contributed by atoms with Crippen molar-refractivity contribution >= 4 is 11.9 Å². The van der Waals surface area contributed by atoms with Gasteiger partial charge in [0.1, 0.15) is 0 Å². The first-order valence-corrected chi connectivity index (χ1v) is 14.5. The lowest BCUT2D eigenvalue weighted by Gasteiger charge is -2.39. The molecule has 39 heavy (non-hydrogen) atoms. The third-order valence-electron chi connectivity index (χ3n) is 7.88. The minimum atomic E-state index is -0.260. The standard InChI is InChI=1S/C29H45NO7.C2H6/c1-18(8-11-23-16-29(22(5)37-29)17-24(36-23)15-28(32)34-7)9-12-26-19(2)14-25(21(4)35-26)30-27(31)13-10-20(3)33-6;1-2/h8-11,13,19-26H,12,14-17H2,1-7H3,(H,30,31);1-2H3/b11-8+,13-10-,18-9+;/t19?,20?,21?,22?,23?,24-,25?,26?,29?;/m1./s1. The van der Waals surface area contributed by atoms with Crippen LogP contribution in [-0.2, 0) is 33.3 Å². The Kier molecular flexibility index (Phi) is 13.4. The molecule has 3 aliphatic heterocycles. The number of hydrogen-bond donors (Lipinski definition) is 1. The average molecular weight is 550 g/mol. The van der Waals surface area contributed by atoms with Crippen molar-refractivity contribution in [3.05, 3.63) is 36.0 Å². The molecule has 0 aromatic carbocycles. The fraction of sp³-hybridized carbons (Fsp3) is 0.742. The molecule has 1 amide bonds. The summed E-state index contributed by atoms with van der Waals surface area (Å²) in [5.41, 5.74) is 0.947. The molecule has 8 heteroatoms. The van der Waals surface area contributed by atoms with Gasteiger partial charge in [-0.2, -0.15) is 0 Å². The molecule has 3 rings (SSSR count). The monoisotopic (exact) mass is 549 g/mol. The molecule has 0 radical (unpaired) electrons. The largest absolute Gasteiger partial charge is 0.469 e. The van der Waals surface area contributed by atoms with E-state index in [1.54, 1.807) is 13.2 Å². The SMILES string of the molecule is CC.COC(=O)C[C@@H]1CC2(CC(/C=C/C(C)=C/CC3OC(C)C(NC(=O)/C=C\C(C)OC)CC3C)O1)OC2C. The second kappa shape index (κ2) is 15.7. The van der Waals surface area contributed by atoms with Crippen LogP contribution in [0.4, 0.5) is 0 Å². The molecular weight excluding hydrogens is 498 g/mol. The van der Waals surface area contributed by atoms with E-state index in [1.807, 2.05) is 27.7 Å². The van der Waals surface area contributed by atoms with Gasteiger partial charge >= 0.3 is 5.97 Å². The summed E-state index contributed by atoms with van der Waals surface area (Å²) in [4.78, 5) is 24.0. The van der Waals surface area contributed by atoms with Crippen LogP contribution in [0.1, 0.15) is 80.6 Å². The van der Waals surface area contributed by atoms with Crippen LogP contribution >= 0.6 is 0 Å². The second-order valence-corrected chi connectivity index (χ2v) is 10.9. The molecule has 3 fully saturated rings. The molecule has 3 heterocycles. The predicted molar refractivity (Wildman–Crippen MR) is 152 cm³/mol. The van der Waals surface area contributed by atoms with E-state index >= 15 is 0 Å². The van der Waals surface area contributed by atoms with Crippen molar-refractivity contribution in [3.63, 3.8) is 0 Å². The average Bonchev–Trinajstić information content (AvgIpc) is 3.53. The van der Waals surface area contributed by atoms with Gasteiger partial charge in [-0.25, -0.2) is 0 Å². The van der Waals surface area contributed by atoms with Crippen LogP contribution in [0.5, 0.6) is 0 Å². The molecule has 3 saturated heterocycles. The summed E-state index contributed by atoms with van der Waals surface area (Å²) >= 11 is 0. The van der Waals surface area contributed by atoms with Gasteiger partial charge in [0.15, 0.2) is 0 Å². The van der Waals surface area contributed by atoms with Crippen LogP contribution in [0.3, 0.4) is 0 Å². The molecule has 0 aliphatic carbocycles. The van der Waals surface area contributed by atoms with Crippen LogP contribution in [0, 0.1) is 5.92 Å². The molecule has 1 N–H and O–H groups in total. The van der Waals surface area contributed by atoms with Crippen molar-refractivity contribution in [3.8, 4) is 0 Å². The Morgan fingerprint density at radius 3 is 2.41 bits per heavy atom. The number of ether oxygens (including phenoxy) is 5. The van der Waals surface area contributed by atoms with Crippen LogP contribution in [-0.4, -0.2) is 74.4 Å². The highest BCUT2D eigenvalue weighted by Crippen LogP contribution is 2.48. The van der Waals surface area contributed by atoms with Gasteiger partial charge < -0.3 is 29.0 Å². The van der Waals surface area contributed by atoms with E-state index in [9.17, 15) is 9.59 Å². The number of amides is 1. The van der Waals surface area contributed by atoms with Gasteiger partial charge in [-0.05, 0) is 46.5 Å². The topological polar surface area (TPSA) is 95.6 Å². The first-order chi connectivity index (χ1) is 18.5. The zero-order valence-electron chi connectivity index (χ0n) is 25.4. The summed E-state index contributed by atoms with van der Waals surface area (Å²) in [6.07, 6.45) is 12.9. The van der Waals surface area contributed by atoms with Crippen LogP contribution in [0.25, 0.3) is 0 Å². The van der Waals surface area contributed by atoms with Gasteiger partial charge in [-0.1, -0.05) is 50.6 Å². The summed E-state index contributed by atoms with van der Waals surface area (Å²) in [5, 5.41) is 3.07. The summed E-state index contributed by atoms with van der Waals surface area (Å²) in [7, 11) is 3.02. The zero-order valence-corrected chi connectivity index (χ0v) is 25.4. The highest BCUT2D eigenvalue weighted by atomic mass is 16.6. The molecule has 3 aliphatic rings. The number of carbonyl (C=O) groups is 2. The summed E-state index contributed by atoms with van der Waals surface area (Å²) in [5.74, 6) is -0.0723. The van der Waals surface area contributed by atoms with Crippen molar-refractivity contribution in [1.29, 1.82) is 0 Å². The van der Waals surface area contributed by atoms with Gasteiger partial charge in [0, 0.05) is 26.0 Å². The van der Waals surface area contributed by atoms with Gasteiger partial charge in [-0.15, -0.1) is 0 Å². The van der Waals surface area contributed by atoms with Crippen molar-refractivity contribution in [1.82, 2.24) is 5.32 Å². The molecule has 0 aromatic rings. The van der Waals surface area contributed by atoms with Crippen molar-refractivity contribution < 1.29 is 33.3 Å². The molecule has 9 atom stereocenters. The van der Waals surface area contributed by atoms with E-state index in [0.29, 0.717) is 5.92 Å². The normalized spacial score (nSPS) is 35.4. The smallest absolute Gasteiger partial charge is 0.308 e. The minimum Gasteiger partial charge on any atom is -0.469 e. The van der Waals surface area contributed by atoms with E-state index in [1.165, 1.54) is 13.2 Å². The fourth-order valence-electron chi connectivity index (χ4n) is 5.28. The van der Waals surface area contributed by atoms with Crippen LogP contribution < -0.4 is 5.32 Å². The third-order valence-corrected chi connectivity index (χ3v) is 7.88. The number of esters is 1. The van der Waals surface area contributed by atoms with Crippen LogP contribution in [0.15, 0.2) is 36.0 Å². The molecule has 0 aromatic heterocycles. The predicted octanol–water partition coefficient (Wildman–Crippen LogP) is 5.06. The van der Waals surface area contributed by atoms with E-state index in [0.717, 1.165) is 31.3 Å². The Labute approximate surface area is 235 Å². The number of carbonyl (C=O) groups excluding carboxylic acids is 2. The molecule has 222 valence electrons. The highest BCUT2D eigenvalue weighted by Gasteiger charge is 2.57. The number of epoxide rings is 1. The minimum absolute atomic E-state index is 0.0213. The molecule has 8 unspecified atom stereocenters. The first kappa shape index (κ1) is 33.2. The number of methoxy groups -OCH3 is 2. The Morgan fingerprint density at radius 1 is 1.10 bits per heavy atom. The van der Waals surface area contributed by atoms with E-state index in [-0.39, 0.29) is 66.6 Å². The van der Waals surface area contributed by atoms with Gasteiger partial charge in [-0.3, -0.25) is 9.59 Å². The molecule has 0 saturated carbocycles. The summed E-state index contributed by atoms with van der Waals surface area (Å²) in [6.45, 7) is 14.2. The Balaban J connectivity index is 0.00000260. The van der Waals surface area contributed by atoms with Crippen molar-refractivity contribution in [2.24, 2.45) is 5.92 Å². The van der Waals surface area contributed by atoms with E-state index < -0.39 is 0 Å². The summed E-state index contributed by atoms with van der Waals surface area (Å²) in [6, 6.07) is -0.0213. The van der Waals surface area contributed by atoms with Crippen molar-refractivity contribution in [2.75, 3.05) is 14.2 Å². The van der Waals surface area contributed by atoms with Gasteiger partial charge in [0.05, 0.1) is 61.8 Å². The number of nitrogens with one attached hydrogen (secondary N) is 1. The Bertz CT molecular complexity index is 884. The maximum atomic E-state index is 12.3. The lowest BCUT2D eigenvalue weighted by molar-refractivity contribution is -0.147. The Morgan fingerprint density at radius 2 is 1.79 bits per heavy atom.